The van der Waals surface area contributed by atoms with E-state index in [2.05, 4.69) is 15.0 Å². The quantitative estimate of drug-likeness (QED) is 0.156. The molecule has 1 aliphatic rings. The first-order valence-corrected chi connectivity index (χ1v) is 13.2. The predicted molar refractivity (Wildman–Crippen MR) is 145 cm³/mol. The highest BCUT2D eigenvalue weighted by Gasteiger charge is 2.34. The van der Waals surface area contributed by atoms with Crippen molar-refractivity contribution in [2.45, 2.75) is 44.1 Å². The highest BCUT2D eigenvalue weighted by molar-refractivity contribution is 5.87. The molecule has 0 radical (unpaired) electrons. The van der Waals surface area contributed by atoms with Gasteiger partial charge in [-0.3, -0.25) is 4.79 Å². The second-order valence-electron chi connectivity index (χ2n) is 10.5. The zero-order valence-electron chi connectivity index (χ0n) is 22.0. The minimum Gasteiger partial charge on any atom is -0.481 e. The van der Waals surface area contributed by atoms with E-state index in [1.54, 1.807) is 43.5 Å². The smallest absolute Gasteiger partial charge is 0.303 e. The Morgan fingerprint density at radius 3 is 2.68 bits per heavy atom. The highest BCUT2D eigenvalue weighted by Crippen LogP contribution is 2.50. The molecule has 4 N–H and O–H groups in total. The minimum absolute atomic E-state index is 0.0105. The number of carbonyl (C=O) groups is 1. The van der Waals surface area contributed by atoms with Gasteiger partial charge in [-0.2, -0.15) is 4.39 Å². The number of aromatic nitrogens is 3. The number of hydrogen-bond donors (Lipinski definition) is 4. The lowest BCUT2D eigenvalue weighted by Gasteiger charge is -2.23. The van der Waals surface area contributed by atoms with Crippen LogP contribution in [0.1, 0.15) is 54.5 Å². The summed E-state index contributed by atoms with van der Waals surface area (Å²) in [7, 11) is 0. The number of aryl methyl sites for hydroxylation is 1. The number of carboxylic acid groups (broad SMARTS) is 1. The van der Waals surface area contributed by atoms with Gasteiger partial charge < -0.3 is 24.9 Å². The number of fused-ring (bicyclic) bond motifs is 1. The van der Waals surface area contributed by atoms with Crippen molar-refractivity contribution in [2.75, 3.05) is 0 Å². The maximum atomic E-state index is 15.2. The van der Waals surface area contributed by atoms with E-state index in [1.807, 2.05) is 0 Å². The van der Waals surface area contributed by atoms with E-state index in [9.17, 15) is 18.7 Å². The van der Waals surface area contributed by atoms with Gasteiger partial charge in [0.2, 0.25) is 5.82 Å². The van der Waals surface area contributed by atoms with Gasteiger partial charge in [-0.25, -0.2) is 13.8 Å². The molecule has 1 aliphatic carbocycles. The lowest BCUT2D eigenvalue weighted by molar-refractivity contribution is -0.136. The molecule has 0 amide bonds. The molecule has 6 rings (SSSR count). The van der Waals surface area contributed by atoms with E-state index in [4.69, 9.17) is 9.84 Å². The van der Waals surface area contributed by atoms with Crippen molar-refractivity contribution < 1.29 is 32.9 Å². The Bertz CT molecular complexity index is 1790. The number of ether oxygens (including phenoxy) is 1. The van der Waals surface area contributed by atoms with Crippen molar-refractivity contribution in [1.82, 2.24) is 15.0 Å². The summed E-state index contributed by atoms with van der Waals surface area (Å²) in [6.07, 6.45) is 4.84. The SMILES string of the molecule is CC(O)(c1cccc(CCC(=O)O)c1)c1cnc(-c2cc(Oc3c(F)c(F)c4[nH]ccc4c3C3CC3)ccc2F)[nH]1. The number of aliphatic carboxylic acids is 1. The van der Waals surface area contributed by atoms with E-state index in [-0.39, 0.29) is 46.4 Å². The third kappa shape index (κ3) is 4.95. The van der Waals surface area contributed by atoms with Gasteiger partial charge in [0.05, 0.1) is 23.0 Å². The monoisotopic (exact) mass is 561 g/mol. The number of hydrogen-bond acceptors (Lipinski definition) is 4. The Hall–Kier alpha value is -4.57. The molecule has 2 heterocycles. The van der Waals surface area contributed by atoms with Crippen molar-refractivity contribution >= 4 is 16.9 Å². The topological polar surface area (TPSA) is 111 Å². The van der Waals surface area contributed by atoms with Gasteiger partial charge in [-0.1, -0.05) is 24.3 Å². The molecular weight excluding hydrogens is 535 g/mol. The molecule has 7 nitrogen and oxygen atoms in total. The second-order valence-corrected chi connectivity index (χ2v) is 10.5. The molecule has 41 heavy (non-hydrogen) atoms. The zero-order valence-corrected chi connectivity index (χ0v) is 22.0. The van der Waals surface area contributed by atoms with Crippen LogP contribution in [0.2, 0.25) is 0 Å². The molecule has 1 atom stereocenters. The van der Waals surface area contributed by atoms with Crippen LogP contribution in [-0.4, -0.2) is 31.1 Å². The van der Waals surface area contributed by atoms with E-state index >= 15 is 4.39 Å². The molecule has 0 spiro atoms. The fraction of sp³-hybridized carbons (Fsp3) is 0.226. The summed E-state index contributed by atoms with van der Waals surface area (Å²) < 4.78 is 50.9. The lowest BCUT2D eigenvalue weighted by Crippen LogP contribution is -2.23. The Morgan fingerprint density at radius 1 is 1.12 bits per heavy atom. The number of nitrogens with zero attached hydrogens (tertiary/aromatic N) is 1. The summed E-state index contributed by atoms with van der Waals surface area (Å²) in [5.74, 6) is -3.71. The van der Waals surface area contributed by atoms with Crippen molar-refractivity contribution in [1.29, 1.82) is 0 Å². The minimum atomic E-state index is -1.55. The first-order chi connectivity index (χ1) is 19.6. The van der Waals surface area contributed by atoms with Crippen LogP contribution in [-0.2, 0) is 16.8 Å². The fourth-order valence-electron chi connectivity index (χ4n) is 5.11. The van der Waals surface area contributed by atoms with Gasteiger partial charge in [0.25, 0.3) is 0 Å². The van der Waals surface area contributed by atoms with Gasteiger partial charge in [-0.05, 0) is 67.5 Å². The number of imidazole rings is 1. The van der Waals surface area contributed by atoms with Crippen LogP contribution in [0.25, 0.3) is 22.3 Å². The number of H-pyrrole nitrogens is 2. The number of benzene rings is 3. The van der Waals surface area contributed by atoms with Gasteiger partial charge in [0.1, 0.15) is 23.0 Å². The Kier molecular flexibility index (Phi) is 6.57. The van der Waals surface area contributed by atoms with Crippen LogP contribution in [0.4, 0.5) is 13.2 Å². The number of carboxylic acids is 1. The van der Waals surface area contributed by atoms with Crippen molar-refractivity contribution in [3.63, 3.8) is 0 Å². The van der Waals surface area contributed by atoms with E-state index in [0.717, 1.165) is 24.5 Å². The van der Waals surface area contributed by atoms with Crippen LogP contribution in [0.5, 0.6) is 11.5 Å². The third-order valence-electron chi connectivity index (χ3n) is 7.51. The normalized spacial score (nSPS) is 14.8. The van der Waals surface area contributed by atoms with Crippen molar-refractivity contribution in [3.05, 3.63) is 101 Å². The van der Waals surface area contributed by atoms with E-state index in [0.29, 0.717) is 22.9 Å². The summed E-state index contributed by atoms with van der Waals surface area (Å²) in [5, 5.41) is 20.9. The Balaban J connectivity index is 1.32. The van der Waals surface area contributed by atoms with Gasteiger partial charge in [-0.15, -0.1) is 0 Å². The largest absolute Gasteiger partial charge is 0.481 e. The lowest BCUT2D eigenvalue weighted by atomic mass is 9.91. The molecule has 1 fully saturated rings. The molecule has 10 heteroatoms. The number of nitrogens with one attached hydrogen (secondary N) is 2. The Morgan fingerprint density at radius 2 is 1.93 bits per heavy atom. The number of rotatable bonds is 9. The summed E-state index contributed by atoms with van der Waals surface area (Å²) >= 11 is 0. The predicted octanol–water partition coefficient (Wildman–Crippen LogP) is 6.92. The number of halogens is 3. The molecule has 0 bridgehead atoms. The van der Waals surface area contributed by atoms with Crippen molar-refractivity contribution in [3.8, 4) is 22.9 Å². The second kappa shape index (κ2) is 10.1. The maximum absolute atomic E-state index is 15.2. The third-order valence-corrected chi connectivity index (χ3v) is 7.51. The number of aliphatic hydroxyl groups is 1. The van der Waals surface area contributed by atoms with Crippen LogP contribution in [0, 0.1) is 17.5 Å². The van der Waals surface area contributed by atoms with Crippen LogP contribution >= 0.6 is 0 Å². The molecule has 2 aromatic heterocycles. The summed E-state index contributed by atoms with van der Waals surface area (Å²) in [6, 6.07) is 12.4. The zero-order chi connectivity index (χ0) is 28.9. The molecule has 3 aromatic carbocycles. The molecule has 0 saturated heterocycles. The Labute approximate surface area is 232 Å². The summed E-state index contributed by atoms with van der Waals surface area (Å²) in [6.45, 7) is 1.55. The van der Waals surface area contributed by atoms with E-state index in [1.165, 1.54) is 18.3 Å². The van der Waals surface area contributed by atoms with Crippen molar-refractivity contribution in [2.24, 2.45) is 0 Å². The average molecular weight is 562 g/mol. The first kappa shape index (κ1) is 26.6. The summed E-state index contributed by atoms with van der Waals surface area (Å²) in [5.41, 5.74) is 0.631. The summed E-state index contributed by atoms with van der Waals surface area (Å²) in [4.78, 5) is 20.9. The molecule has 1 saturated carbocycles. The fourth-order valence-corrected chi connectivity index (χ4v) is 5.11. The van der Waals surface area contributed by atoms with Crippen LogP contribution in [0.15, 0.2) is 60.9 Å². The van der Waals surface area contributed by atoms with Gasteiger partial charge >= 0.3 is 5.97 Å². The molecule has 210 valence electrons. The molecule has 5 aromatic rings. The maximum Gasteiger partial charge on any atom is 0.303 e. The molecular formula is C31H26F3N3O4. The van der Waals surface area contributed by atoms with Gasteiger partial charge in [0, 0.05) is 23.6 Å². The average Bonchev–Trinajstić information content (AvgIpc) is 3.44. The highest BCUT2D eigenvalue weighted by atomic mass is 19.2. The van der Waals surface area contributed by atoms with Crippen LogP contribution < -0.4 is 4.74 Å². The molecule has 1 unspecified atom stereocenters. The first-order valence-electron chi connectivity index (χ1n) is 13.2. The number of aromatic amines is 2. The standard InChI is InChI=1S/C31H26F3N3O4/c1-31(40,18-4-2-3-16(13-18)5-10-24(38)39)23-15-36-30(37-23)21-14-19(8-9-22(21)32)41-29-25(17-6-7-17)20-11-12-35-28(20)26(33)27(29)34/h2-4,8-9,11-15,17,35,40H,5-7,10H2,1H3,(H,36,37)(H,38,39). The molecule has 0 aliphatic heterocycles. The van der Waals surface area contributed by atoms with E-state index < -0.39 is 29.0 Å². The van der Waals surface area contributed by atoms with Gasteiger partial charge in [0.15, 0.2) is 11.6 Å². The van der Waals surface area contributed by atoms with Crippen LogP contribution in [0.3, 0.4) is 0 Å².